The fraction of sp³-hybridized carbons (Fsp3) is 0.333. The van der Waals surface area contributed by atoms with E-state index in [1.807, 2.05) is 30.3 Å². The first-order valence-corrected chi connectivity index (χ1v) is 6.27. The maximum absolute atomic E-state index is 11.9. The third kappa shape index (κ3) is 2.52. The minimum atomic E-state index is -0.984. The van der Waals surface area contributed by atoms with Gasteiger partial charge in [-0.2, -0.15) is 0 Å². The van der Waals surface area contributed by atoms with Crippen LogP contribution in [-0.4, -0.2) is 29.8 Å². The number of esters is 1. The second-order valence-electron chi connectivity index (χ2n) is 4.79. The van der Waals surface area contributed by atoms with Gasteiger partial charge in [0.05, 0.1) is 12.7 Å². The van der Waals surface area contributed by atoms with E-state index in [2.05, 4.69) is 0 Å². The smallest absolute Gasteiger partial charge is 0.374 e. The molecule has 20 heavy (non-hydrogen) atoms. The van der Waals surface area contributed by atoms with Gasteiger partial charge in [-0.25, -0.2) is 4.79 Å². The molecular formula is C15H16O5. The van der Waals surface area contributed by atoms with E-state index in [0.717, 1.165) is 5.56 Å². The van der Waals surface area contributed by atoms with Crippen molar-refractivity contribution in [3.05, 3.63) is 41.7 Å². The standard InChI is InChI=1S/C15H16O5/c1-15(9-8-11(16)17)12(10-6-4-3-5-7-10)13(19-2)14(18)20-15/h3-7H,8-9H2,1-2H3,(H,16,17). The van der Waals surface area contributed by atoms with E-state index in [4.69, 9.17) is 14.6 Å². The van der Waals surface area contributed by atoms with E-state index >= 15 is 0 Å². The molecule has 0 bridgehead atoms. The number of hydrogen-bond donors (Lipinski definition) is 1. The van der Waals surface area contributed by atoms with Crippen LogP contribution >= 0.6 is 0 Å². The number of aliphatic carboxylic acids is 1. The van der Waals surface area contributed by atoms with Crippen molar-refractivity contribution >= 4 is 17.5 Å². The number of cyclic esters (lactones) is 1. The highest BCUT2D eigenvalue weighted by molar-refractivity contribution is 6.02. The Kier molecular flexibility index (Phi) is 3.79. The number of ether oxygens (including phenoxy) is 2. The van der Waals surface area contributed by atoms with E-state index < -0.39 is 17.5 Å². The summed E-state index contributed by atoms with van der Waals surface area (Å²) < 4.78 is 10.5. The van der Waals surface area contributed by atoms with Gasteiger partial charge in [0.1, 0.15) is 5.60 Å². The molecule has 0 saturated carbocycles. The minimum Gasteiger partial charge on any atom is -0.490 e. The Balaban J connectivity index is 2.46. The quantitative estimate of drug-likeness (QED) is 0.835. The lowest BCUT2D eigenvalue weighted by molar-refractivity contribution is -0.150. The zero-order chi connectivity index (χ0) is 14.8. The predicted octanol–water partition coefficient (Wildman–Crippen LogP) is 2.22. The molecule has 0 aliphatic carbocycles. The summed E-state index contributed by atoms with van der Waals surface area (Å²) in [5.41, 5.74) is 0.414. The molecule has 0 aromatic heterocycles. The third-order valence-corrected chi connectivity index (χ3v) is 3.34. The highest BCUT2D eigenvalue weighted by Crippen LogP contribution is 2.42. The molecule has 5 heteroatoms. The fourth-order valence-electron chi connectivity index (χ4n) is 2.39. The Bertz CT molecular complexity index is 561. The molecule has 1 aliphatic heterocycles. The molecule has 1 atom stereocenters. The Morgan fingerprint density at radius 1 is 1.35 bits per heavy atom. The van der Waals surface area contributed by atoms with Gasteiger partial charge >= 0.3 is 11.9 Å². The Hall–Kier alpha value is -2.30. The lowest BCUT2D eigenvalue weighted by atomic mass is 9.86. The van der Waals surface area contributed by atoms with Crippen molar-refractivity contribution in [2.75, 3.05) is 7.11 Å². The first-order valence-electron chi connectivity index (χ1n) is 6.27. The lowest BCUT2D eigenvalue weighted by Crippen LogP contribution is -2.28. The third-order valence-electron chi connectivity index (χ3n) is 3.34. The van der Waals surface area contributed by atoms with Crippen LogP contribution in [0.15, 0.2) is 36.1 Å². The number of carbonyl (C=O) groups excluding carboxylic acids is 1. The SMILES string of the molecule is COC1=C(c2ccccc2)C(C)(CCC(=O)O)OC1=O. The molecule has 2 rings (SSSR count). The number of carboxylic acids is 1. The number of carbonyl (C=O) groups is 2. The van der Waals surface area contributed by atoms with Gasteiger partial charge in [-0.05, 0) is 12.5 Å². The second kappa shape index (κ2) is 5.36. The van der Waals surface area contributed by atoms with E-state index in [-0.39, 0.29) is 18.6 Å². The van der Waals surface area contributed by atoms with Crippen molar-refractivity contribution in [2.24, 2.45) is 0 Å². The van der Waals surface area contributed by atoms with E-state index in [0.29, 0.717) is 5.57 Å². The summed E-state index contributed by atoms with van der Waals surface area (Å²) >= 11 is 0. The van der Waals surface area contributed by atoms with Crippen molar-refractivity contribution in [2.45, 2.75) is 25.4 Å². The van der Waals surface area contributed by atoms with Crippen molar-refractivity contribution in [1.82, 2.24) is 0 Å². The molecule has 5 nitrogen and oxygen atoms in total. The molecule has 0 spiro atoms. The van der Waals surface area contributed by atoms with Crippen molar-refractivity contribution in [3.63, 3.8) is 0 Å². The normalized spacial score (nSPS) is 21.8. The first-order chi connectivity index (χ1) is 9.48. The molecule has 0 radical (unpaired) electrons. The predicted molar refractivity (Wildman–Crippen MR) is 71.7 cm³/mol. The van der Waals surface area contributed by atoms with Crippen molar-refractivity contribution < 1.29 is 24.2 Å². The molecule has 0 amide bonds. The van der Waals surface area contributed by atoms with Crippen molar-refractivity contribution in [3.8, 4) is 0 Å². The zero-order valence-electron chi connectivity index (χ0n) is 11.4. The van der Waals surface area contributed by atoms with Crippen LogP contribution in [0.3, 0.4) is 0 Å². The molecule has 0 fully saturated rings. The van der Waals surface area contributed by atoms with Crippen LogP contribution in [0.1, 0.15) is 25.3 Å². The molecule has 1 N–H and O–H groups in total. The summed E-state index contributed by atoms with van der Waals surface area (Å²) in [5, 5.41) is 8.85. The summed E-state index contributed by atoms with van der Waals surface area (Å²) in [6.45, 7) is 1.71. The van der Waals surface area contributed by atoms with E-state index in [1.54, 1.807) is 6.92 Å². The highest BCUT2D eigenvalue weighted by atomic mass is 16.6. The Labute approximate surface area is 116 Å². The van der Waals surface area contributed by atoms with Gasteiger partial charge in [0, 0.05) is 12.8 Å². The van der Waals surface area contributed by atoms with Crippen LogP contribution in [0.25, 0.3) is 5.57 Å². The average Bonchev–Trinajstić information content (AvgIpc) is 2.68. The molecule has 0 saturated heterocycles. The van der Waals surface area contributed by atoms with Crippen LogP contribution < -0.4 is 0 Å². The van der Waals surface area contributed by atoms with Crippen LogP contribution in [-0.2, 0) is 19.1 Å². The average molecular weight is 276 g/mol. The summed E-state index contributed by atoms with van der Waals surface area (Å²) in [6.07, 6.45) is 0.113. The number of benzene rings is 1. The van der Waals surface area contributed by atoms with Gasteiger partial charge in [-0.1, -0.05) is 30.3 Å². The Morgan fingerprint density at radius 2 is 2.00 bits per heavy atom. The van der Waals surface area contributed by atoms with Gasteiger partial charge in [0.15, 0.2) is 0 Å². The highest BCUT2D eigenvalue weighted by Gasteiger charge is 2.45. The number of carboxylic acid groups (broad SMARTS) is 1. The zero-order valence-corrected chi connectivity index (χ0v) is 11.4. The molecule has 1 aliphatic rings. The van der Waals surface area contributed by atoms with E-state index in [1.165, 1.54) is 7.11 Å². The number of hydrogen-bond acceptors (Lipinski definition) is 4. The number of methoxy groups -OCH3 is 1. The van der Waals surface area contributed by atoms with Crippen LogP contribution in [0.4, 0.5) is 0 Å². The van der Waals surface area contributed by atoms with Crippen LogP contribution in [0.5, 0.6) is 0 Å². The summed E-state index contributed by atoms with van der Waals surface area (Å²) in [7, 11) is 1.41. The van der Waals surface area contributed by atoms with Crippen molar-refractivity contribution in [1.29, 1.82) is 0 Å². The summed E-state index contributed by atoms with van der Waals surface area (Å²) in [4.78, 5) is 22.7. The van der Waals surface area contributed by atoms with Gasteiger partial charge in [0.25, 0.3) is 0 Å². The monoisotopic (exact) mass is 276 g/mol. The molecule has 1 unspecified atom stereocenters. The molecule has 1 heterocycles. The molecular weight excluding hydrogens is 260 g/mol. The Morgan fingerprint density at radius 3 is 2.55 bits per heavy atom. The van der Waals surface area contributed by atoms with Gasteiger partial charge in [0.2, 0.25) is 5.76 Å². The largest absolute Gasteiger partial charge is 0.490 e. The van der Waals surface area contributed by atoms with Crippen LogP contribution in [0, 0.1) is 0 Å². The summed E-state index contributed by atoms with van der Waals surface area (Å²) in [6, 6.07) is 9.24. The maximum atomic E-state index is 11.9. The second-order valence-corrected chi connectivity index (χ2v) is 4.79. The number of rotatable bonds is 5. The maximum Gasteiger partial charge on any atom is 0.374 e. The lowest BCUT2D eigenvalue weighted by Gasteiger charge is -2.25. The van der Waals surface area contributed by atoms with Gasteiger partial charge in [-0.15, -0.1) is 0 Å². The summed E-state index contributed by atoms with van der Waals surface area (Å²) in [5.74, 6) is -1.34. The molecule has 106 valence electrons. The van der Waals surface area contributed by atoms with Gasteiger partial charge in [-0.3, -0.25) is 4.79 Å². The van der Waals surface area contributed by atoms with Crippen LogP contribution in [0.2, 0.25) is 0 Å². The minimum absolute atomic E-state index is 0.0862. The topological polar surface area (TPSA) is 72.8 Å². The molecule has 1 aromatic rings. The van der Waals surface area contributed by atoms with E-state index in [9.17, 15) is 9.59 Å². The fourth-order valence-corrected chi connectivity index (χ4v) is 2.39. The van der Waals surface area contributed by atoms with Gasteiger partial charge < -0.3 is 14.6 Å². The first kappa shape index (κ1) is 14.1. The molecule has 1 aromatic carbocycles.